The fourth-order valence-corrected chi connectivity index (χ4v) is 2.56. The first-order chi connectivity index (χ1) is 10.2. The van der Waals surface area contributed by atoms with Crippen molar-refractivity contribution in [1.82, 2.24) is 4.98 Å². The number of benzene rings is 1. The van der Waals surface area contributed by atoms with Gasteiger partial charge >= 0.3 is 0 Å². The summed E-state index contributed by atoms with van der Waals surface area (Å²) in [4.78, 5) is 6.76. The molecule has 4 heteroatoms. The van der Waals surface area contributed by atoms with E-state index < -0.39 is 0 Å². The lowest BCUT2D eigenvalue weighted by Crippen LogP contribution is -2.26. The van der Waals surface area contributed by atoms with Crippen LogP contribution in [0.25, 0.3) is 0 Å². The fraction of sp³-hybridized carbons (Fsp3) is 0.353. The van der Waals surface area contributed by atoms with E-state index in [0.29, 0.717) is 0 Å². The van der Waals surface area contributed by atoms with Crippen molar-refractivity contribution in [3.63, 3.8) is 0 Å². The number of aromatic nitrogens is 1. The molecule has 0 unspecified atom stereocenters. The molecule has 0 amide bonds. The summed E-state index contributed by atoms with van der Waals surface area (Å²) in [5.74, 6) is 1.74. The summed E-state index contributed by atoms with van der Waals surface area (Å²) in [6.07, 6.45) is 1.95. The standard InChI is InChI=1S/C17H21BrN2O/c1-14(2)21-16-9-6-11-19-17(16)20(12-10-18)13-15-7-4-3-5-8-15/h3-9,11,14H,10,12-13H2,1-2H3. The molecule has 21 heavy (non-hydrogen) atoms. The molecule has 0 aliphatic carbocycles. The summed E-state index contributed by atoms with van der Waals surface area (Å²) in [5.41, 5.74) is 1.26. The summed E-state index contributed by atoms with van der Waals surface area (Å²) in [7, 11) is 0. The van der Waals surface area contributed by atoms with Crippen LogP contribution in [0.5, 0.6) is 5.75 Å². The predicted octanol–water partition coefficient (Wildman–Crippen LogP) is 4.27. The maximum atomic E-state index is 5.89. The summed E-state index contributed by atoms with van der Waals surface area (Å²) < 4.78 is 5.89. The van der Waals surface area contributed by atoms with E-state index in [1.165, 1.54) is 5.56 Å². The highest BCUT2D eigenvalue weighted by atomic mass is 79.9. The van der Waals surface area contributed by atoms with E-state index in [4.69, 9.17) is 4.74 Å². The molecule has 112 valence electrons. The zero-order valence-electron chi connectivity index (χ0n) is 12.5. The van der Waals surface area contributed by atoms with E-state index in [1.807, 2.05) is 38.2 Å². The highest BCUT2D eigenvalue weighted by molar-refractivity contribution is 9.09. The van der Waals surface area contributed by atoms with Gasteiger partial charge in [0.1, 0.15) is 0 Å². The van der Waals surface area contributed by atoms with Crippen LogP contribution in [0.1, 0.15) is 19.4 Å². The molecule has 0 N–H and O–H groups in total. The highest BCUT2D eigenvalue weighted by Crippen LogP contribution is 2.27. The Morgan fingerprint density at radius 3 is 2.57 bits per heavy atom. The molecule has 3 nitrogen and oxygen atoms in total. The SMILES string of the molecule is CC(C)Oc1cccnc1N(CCBr)Cc1ccccc1. The summed E-state index contributed by atoms with van der Waals surface area (Å²) in [6, 6.07) is 14.3. The van der Waals surface area contributed by atoms with Crippen LogP contribution in [0.15, 0.2) is 48.7 Å². The van der Waals surface area contributed by atoms with Crippen molar-refractivity contribution < 1.29 is 4.74 Å². The zero-order valence-corrected chi connectivity index (χ0v) is 14.1. The molecule has 2 rings (SSSR count). The number of alkyl halides is 1. The number of halogens is 1. The molecule has 0 radical (unpaired) electrons. The number of ether oxygens (including phenoxy) is 1. The molecule has 1 heterocycles. The Bertz CT molecular complexity index is 545. The average Bonchev–Trinajstić information content (AvgIpc) is 2.48. The van der Waals surface area contributed by atoms with Gasteiger partial charge in [-0.05, 0) is 31.5 Å². The molecule has 0 aliphatic rings. The lowest BCUT2D eigenvalue weighted by Gasteiger charge is -2.25. The van der Waals surface area contributed by atoms with Gasteiger partial charge in [-0.1, -0.05) is 46.3 Å². The van der Waals surface area contributed by atoms with Gasteiger partial charge in [0.2, 0.25) is 0 Å². The van der Waals surface area contributed by atoms with Crippen molar-refractivity contribution in [1.29, 1.82) is 0 Å². The largest absolute Gasteiger partial charge is 0.487 e. The van der Waals surface area contributed by atoms with Gasteiger partial charge in [0.25, 0.3) is 0 Å². The average molecular weight is 349 g/mol. The Hall–Kier alpha value is -1.55. The monoisotopic (exact) mass is 348 g/mol. The van der Waals surface area contributed by atoms with Gasteiger partial charge in [-0.25, -0.2) is 4.98 Å². The Labute approximate surface area is 135 Å². The van der Waals surface area contributed by atoms with Gasteiger partial charge in [0, 0.05) is 24.6 Å². The second-order valence-electron chi connectivity index (χ2n) is 5.09. The first-order valence-electron chi connectivity index (χ1n) is 7.17. The van der Waals surface area contributed by atoms with E-state index in [0.717, 1.165) is 30.0 Å². The molecule has 0 fully saturated rings. The Balaban J connectivity index is 2.25. The number of hydrogen-bond acceptors (Lipinski definition) is 3. The minimum atomic E-state index is 0.135. The maximum Gasteiger partial charge on any atom is 0.171 e. The second-order valence-corrected chi connectivity index (χ2v) is 5.88. The summed E-state index contributed by atoms with van der Waals surface area (Å²) >= 11 is 3.53. The highest BCUT2D eigenvalue weighted by Gasteiger charge is 2.14. The van der Waals surface area contributed by atoms with Gasteiger partial charge in [0.05, 0.1) is 6.10 Å². The minimum absolute atomic E-state index is 0.135. The number of hydrogen-bond donors (Lipinski definition) is 0. The quantitative estimate of drug-likeness (QED) is 0.698. The Morgan fingerprint density at radius 1 is 1.14 bits per heavy atom. The molecule has 0 aliphatic heterocycles. The van der Waals surface area contributed by atoms with Crippen molar-refractivity contribution in [3.05, 3.63) is 54.2 Å². The first-order valence-corrected chi connectivity index (χ1v) is 8.29. The Kier molecular flexibility index (Phi) is 6.05. The predicted molar refractivity (Wildman–Crippen MR) is 91.3 cm³/mol. The Morgan fingerprint density at radius 2 is 1.90 bits per heavy atom. The maximum absolute atomic E-state index is 5.89. The van der Waals surface area contributed by atoms with E-state index in [9.17, 15) is 0 Å². The zero-order chi connectivity index (χ0) is 15.1. The summed E-state index contributed by atoms with van der Waals surface area (Å²) in [6.45, 7) is 5.75. The van der Waals surface area contributed by atoms with Crippen LogP contribution < -0.4 is 9.64 Å². The van der Waals surface area contributed by atoms with Crippen molar-refractivity contribution in [2.75, 3.05) is 16.8 Å². The smallest absolute Gasteiger partial charge is 0.171 e. The van der Waals surface area contributed by atoms with Crippen molar-refractivity contribution in [3.8, 4) is 5.75 Å². The third-order valence-electron chi connectivity index (χ3n) is 2.98. The van der Waals surface area contributed by atoms with Crippen LogP contribution >= 0.6 is 15.9 Å². The van der Waals surface area contributed by atoms with Crippen molar-refractivity contribution >= 4 is 21.7 Å². The van der Waals surface area contributed by atoms with E-state index in [2.05, 4.69) is 50.1 Å². The summed E-state index contributed by atoms with van der Waals surface area (Å²) in [5, 5.41) is 0.886. The molecule has 1 aromatic heterocycles. The lowest BCUT2D eigenvalue weighted by molar-refractivity contribution is 0.242. The van der Waals surface area contributed by atoms with Crippen LogP contribution in [-0.2, 0) is 6.54 Å². The van der Waals surface area contributed by atoms with E-state index in [-0.39, 0.29) is 6.10 Å². The molecule has 1 aromatic carbocycles. The number of anilines is 1. The fourth-order valence-electron chi connectivity index (χ4n) is 2.13. The molecule has 0 saturated carbocycles. The third-order valence-corrected chi connectivity index (χ3v) is 3.34. The van der Waals surface area contributed by atoms with Gasteiger partial charge in [-0.2, -0.15) is 0 Å². The second kappa shape index (κ2) is 8.03. The van der Waals surface area contributed by atoms with Crippen LogP contribution in [0.2, 0.25) is 0 Å². The first kappa shape index (κ1) is 15.8. The van der Waals surface area contributed by atoms with Crippen molar-refractivity contribution in [2.24, 2.45) is 0 Å². The number of rotatable bonds is 7. The topological polar surface area (TPSA) is 25.4 Å². The number of nitrogens with zero attached hydrogens (tertiary/aromatic N) is 2. The van der Waals surface area contributed by atoms with Crippen molar-refractivity contribution in [2.45, 2.75) is 26.5 Å². The van der Waals surface area contributed by atoms with Crippen LogP contribution in [0, 0.1) is 0 Å². The molecule has 0 saturated heterocycles. The molecular formula is C17H21BrN2O. The third kappa shape index (κ3) is 4.74. The molecule has 0 bridgehead atoms. The van der Waals surface area contributed by atoms with Gasteiger partial charge in [-0.3, -0.25) is 0 Å². The van der Waals surface area contributed by atoms with Crippen LogP contribution in [-0.4, -0.2) is 23.0 Å². The molecule has 0 spiro atoms. The van der Waals surface area contributed by atoms with Crippen LogP contribution in [0.3, 0.4) is 0 Å². The normalized spacial score (nSPS) is 10.7. The minimum Gasteiger partial charge on any atom is -0.487 e. The van der Waals surface area contributed by atoms with E-state index >= 15 is 0 Å². The van der Waals surface area contributed by atoms with Crippen LogP contribution in [0.4, 0.5) is 5.82 Å². The van der Waals surface area contributed by atoms with E-state index in [1.54, 1.807) is 0 Å². The van der Waals surface area contributed by atoms with Gasteiger partial charge in [-0.15, -0.1) is 0 Å². The van der Waals surface area contributed by atoms with Gasteiger partial charge in [0.15, 0.2) is 11.6 Å². The molecular weight excluding hydrogens is 328 g/mol. The van der Waals surface area contributed by atoms with Gasteiger partial charge < -0.3 is 9.64 Å². The lowest BCUT2D eigenvalue weighted by atomic mass is 10.2. The molecule has 2 aromatic rings. The molecule has 0 atom stereocenters. The number of pyridine rings is 1.